The summed E-state index contributed by atoms with van der Waals surface area (Å²) in [6.07, 6.45) is 0. The van der Waals surface area contributed by atoms with Crippen molar-refractivity contribution in [2.24, 2.45) is 0 Å². The van der Waals surface area contributed by atoms with E-state index in [2.05, 4.69) is 10.2 Å². The minimum absolute atomic E-state index is 0.320. The Morgan fingerprint density at radius 1 is 1.08 bits per heavy atom. The van der Waals surface area contributed by atoms with Crippen LogP contribution in [0, 0.1) is 11.8 Å². The Kier molecular flexibility index (Phi) is 1.81. The first-order valence-corrected chi connectivity index (χ1v) is 3.72. The highest BCUT2D eigenvalue weighted by Gasteiger charge is 2.02. The van der Waals surface area contributed by atoms with Crippen LogP contribution in [0.15, 0.2) is 30.3 Å². The van der Waals surface area contributed by atoms with Crippen LogP contribution in [0.5, 0.6) is 0 Å². The summed E-state index contributed by atoms with van der Waals surface area (Å²) >= 11 is 0. The monoisotopic (exact) mass is 180 g/mol. The Hall–Kier alpha value is -1.71. The third-order valence-corrected chi connectivity index (χ3v) is 1.69. The molecule has 0 fully saturated rings. The summed E-state index contributed by atoms with van der Waals surface area (Å²) in [6.45, 7) is 0. The number of nitrogens with one attached hydrogen (secondary N) is 1. The predicted octanol–water partition coefficient (Wildman–Crippen LogP) is 2.35. The molecule has 0 radical (unpaired) electrons. The zero-order chi connectivity index (χ0) is 9.26. The molecule has 0 aliphatic rings. The van der Waals surface area contributed by atoms with Crippen LogP contribution >= 0.6 is 0 Å². The van der Waals surface area contributed by atoms with Crippen molar-refractivity contribution in [1.29, 1.82) is 0 Å². The van der Waals surface area contributed by atoms with Gasteiger partial charge in [0, 0.05) is 11.6 Å². The van der Waals surface area contributed by atoms with Crippen molar-refractivity contribution in [3.05, 3.63) is 42.1 Å². The van der Waals surface area contributed by atoms with E-state index in [-0.39, 0.29) is 5.82 Å². The highest BCUT2D eigenvalue weighted by atomic mass is 19.1. The van der Waals surface area contributed by atoms with E-state index in [9.17, 15) is 8.78 Å². The second-order valence-electron chi connectivity index (χ2n) is 2.61. The number of aromatic amines is 1. The molecule has 0 aliphatic carbocycles. The number of halogens is 2. The lowest BCUT2D eigenvalue weighted by Crippen LogP contribution is -1.78. The Morgan fingerprint density at radius 2 is 1.77 bits per heavy atom. The van der Waals surface area contributed by atoms with E-state index in [0.717, 1.165) is 0 Å². The fraction of sp³-hybridized carbons (Fsp3) is 0. The Labute approximate surface area is 73.2 Å². The molecule has 0 saturated carbocycles. The van der Waals surface area contributed by atoms with Gasteiger partial charge in [-0.3, -0.25) is 5.10 Å². The predicted molar refractivity (Wildman–Crippen MR) is 43.9 cm³/mol. The standard InChI is InChI=1S/C9H6F2N2/c10-7-3-1-6(2-4-7)8-5-9(11)13-12-8/h1-5H,(H,12,13). The first-order chi connectivity index (χ1) is 6.25. The van der Waals surface area contributed by atoms with Crippen LogP contribution in [0.1, 0.15) is 0 Å². The largest absolute Gasteiger partial charge is 0.252 e. The first kappa shape index (κ1) is 7.91. The molecule has 0 amide bonds. The first-order valence-electron chi connectivity index (χ1n) is 3.72. The Balaban J connectivity index is 2.41. The van der Waals surface area contributed by atoms with Gasteiger partial charge >= 0.3 is 0 Å². The molecule has 1 aromatic carbocycles. The molecule has 0 aliphatic heterocycles. The number of hydrogen-bond donors (Lipinski definition) is 1. The van der Waals surface area contributed by atoms with Crippen molar-refractivity contribution >= 4 is 0 Å². The van der Waals surface area contributed by atoms with Crippen LogP contribution in [0.4, 0.5) is 8.78 Å². The molecular formula is C9H6F2N2. The average Bonchev–Trinajstić information content (AvgIpc) is 2.53. The fourth-order valence-corrected chi connectivity index (χ4v) is 1.07. The number of H-pyrrole nitrogens is 1. The van der Waals surface area contributed by atoms with Crippen LogP contribution in [0.2, 0.25) is 0 Å². The minimum atomic E-state index is -0.501. The molecule has 0 saturated heterocycles. The van der Waals surface area contributed by atoms with Gasteiger partial charge < -0.3 is 0 Å². The minimum Gasteiger partial charge on any atom is -0.252 e. The van der Waals surface area contributed by atoms with Crippen LogP contribution in [0.3, 0.4) is 0 Å². The van der Waals surface area contributed by atoms with Gasteiger partial charge in [0.25, 0.3) is 0 Å². The third-order valence-electron chi connectivity index (χ3n) is 1.69. The van der Waals surface area contributed by atoms with Gasteiger partial charge in [-0.1, -0.05) is 0 Å². The summed E-state index contributed by atoms with van der Waals surface area (Å²) in [5.74, 6) is -0.820. The molecule has 2 rings (SSSR count). The van der Waals surface area contributed by atoms with Gasteiger partial charge in [0.1, 0.15) is 5.82 Å². The van der Waals surface area contributed by atoms with Gasteiger partial charge in [-0.2, -0.15) is 9.49 Å². The zero-order valence-corrected chi connectivity index (χ0v) is 6.59. The van der Waals surface area contributed by atoms with Gasteiger partial charge in [0.15, 0.2) is 0 Å². The molecule has 0 atom stereocenters. The van der Waals surface area contributed by atoms with Crippen molar-refractivity contribution in [2.75, 3.05) is 0 Å². The summed E-state index contributed by atoms with van der Waals surface area (Å²) in [5.41, 5.74) is 1.15. The number of aromatic nitrogens is 2. The second-order valence-corrected chi connectivity index (χ2v) is 2.61. The number of benzene rings is 1. The lowest BCUT2D eigenvalue weighted by Gasteiger charge is -1.93. The smallest absolute Gasteiger partial charge is 0.209 e. The summed E-state index contributed by atoms with van der Waals surface area (Å²) in [7, 11) is 0. The molecule has 2 nitrogen and oxygen atoms in total. The van der Waals surface area contributed by atoms with E-state index < -0.39 is 5.95 Å². The van der Waals surface area contributed by atoms with Crippen molar-refractivity contribution in [3.8, 4) is 11.3 Å². The Bertz CT molecular complexity index is 406. The van der Waals surface area contributed by atoms with Crippen molar-refractivity contribution in [2.45, 2.75) is 0 Å². The van der Waals surface area contributed by atoms with Crippen LogP contribution in [-0.4, -0.2) is 10.2 Å². The Morgan fingerprint density at radius 3 is 2.31 bits per heavy atom. The molecule has 1 N–H and O–H groups in total. The summed E-state index contributed by atoms with van der Waals surface area (Å²) < 4.78 is 25.0. The maximum absolute atomic E-state index is 12.5. The summed E-state index contributed by atoms with van der Waals surface area (Å²) in [5, 5.41) is 5.86. The number of hydrogen-bond acceptors (Lipinski definition) is 1. The van der Waals surface area contributed by atoms with Gasteiger partial charge in [0.2, 0.25) is 5.95 Å². The second kappa shape index (κ2) is 2.97. The van der Waals surface area contributed by atoms with Gasteiger partial charge in [-0.15, -0.1) is 0 Å². The average molecular weight is 180 g/mol. The highest BCUT2D eigenvalue weighted by Crippen LogP contribution is 2.16. The zero-order valence-electron chi connectivity index (χ0n) is 6.59. The number of nitrogens with zero attached hydrogens (tertiary/aromatic N) is 1. The summed E-state index contributed by atoms with van der Waals surface area (Å²) in [4.78, 5) is 0. The van der Waals surface area contributed by atoms with Crippen LogP contribution in [-0.2, 0) is 0 Å². The van der Waals surface area contributed by atoms with Crippen molar-refractivity contribution in [1.82, 2.24) is 10.2 Å². The molecular weight excluding hydrogens is 174 g/mol. The van der Waals surface area contributed by atoms with Gasteiger partial charge in [-0.05, 0) is 24.3 Å². The third kappa shape index (κ3) is 1.56. The maximum Gasteiger partial charge on any atom is 0.209 e. The van der Waals surface area contributed by atoms with Gasteiger partial charge in [-0.25, -0.2) is 4.39 Å². The van der Waals surface area contributed by atoms with E-state index in [0.29, 0.717) is 11.3 Å². The van der Waals surface area contributed by atoms with Gasteiger partial charge in [0.05, 0.1) is 5.69 Å². The quantitative estimate of drug-likeness (QED) is 0.716. The molecule has 13 heavy (non-hydrogen) atoms. The van der Waals surface area contributed by atoms with E-state index in [1.165, 1.54) is 18.2 Å². The molecule has 0 spiro atoms. The van der Waals surface area contributed by atoms with E-state index in [1.807, 2.05) is 0 Å². The van der Waals surface area contributed by atoms with Crippen molar-refractivity contribution in [3.63, 3.8) is 0 Å². The van der Waals surface area contributed by atoms with E-state index >= 15 is 0 Å². The van der Waals surface area contributed by atoms with E-state index in [4.69, 9.17) is 0 Å². The lowest BCUT2D eigenvalue weighted by atomic mass is 10.1. The molecule has 1 aromatic heterocycles. The fourth-order valence-electron chi connectivity index (χ4n) is 1.07. The molecule has 0 unspecified atom stereocenters. The topological polar surface area (TPSA) is 28.7 Å². The highest BCUT2D eigenvalue weighted by molar-refractivity contribution is 5.58. The number of rotatable bonds is 1. The maximum atomic E-state index is 12.5. The normalized spacial score (nSPS) is 10.3. The van der Waals surface area contributed by atoms with E-state index in [1.54, 1.807) is 12.1 Å². The van der Waals surface area contributed by atoms with Crippen LogP contribution < -0.4 is 0 Å². The molecule has 0 bridgehead atoms. The SMILES string of the molecule is Fc1ccc(-c2cc(F)[nH]n2)cc1. The van der Waals surface area contributed by atoms with Crippen molar-refractivity contribution < 1.29 is 8.78 Å². The summed E-state index contributed by atoms with van der Waals surface area (Å²) in [6, 6.07) is 6.97. The molecule has 66 valence electrons. The molecule has 4 heteroatoms. The molecule has 2 aromatic rings. The van der Waals surface area contributed by atoms with Crippen LogP contribution in [0.25, 0.3) is 11.3 Å². The lowest BCUT2D eigenvalue weighted by molar-refractivity contribution is 0.579. The molecule has 1 heterocycles.